The Morgan fingerprint density at radius 3 is 2.56 bits per heavy atom. The Bertz CT molecular complexity index is 391. The minimum Gasteiger partial charge on any atom is -0.466 e. The zero-order chi connectivity index (χ0) is 12.0. The van der Waals surface area contributed by atoms with E-state index in [1.54, 1.807) is 6.92 Å². The summed E-state index contributed by atoms with van der Waals surface area (Å²) in [5.41, 5.74) is 0. The van der Waals surface area contributed by atoms with Crippen molar-refractivity contribution in [2.45, 2.75) is 13.3 Å². The van der Waals surface area contributed by atoms with Crippen molar-refractivity contribution >= 4 is 41.3 Å². The minimum atomic E-state index is -0.377. The summed E-state index contributed by atoms with van der Waals surface area (Å²) >= 11 is 11.1. The molecule has 0 radical (unpaired) electrons. The first-order chi connectivity index (χ1) is 7.61. The summed E-state index contributed by atoms with van der Waals surface area (Å²) in [5.74, 6) is -0.327. The molecule has 0 saturated heterocycles. The van der Waals surface area contributed by atoms with E-state index in [0.717, 1.165) is 0 Å². The summed E-state index contributed by atoms with van der Waals surface area (Å²) in [6, 6.07) is 0. The van der Waals surface area contributed by atoms with Gasteiger partial charge in [-0.05, 0) is 30.1 Å². The fourth-order valence-electron chi connectivity index (χ4n) is 0.796. The summed E-state index contributed by atoms with van der Waals surface area (Å²) in [5, 5.41) is -0.105. The summed E-state index contributed by atoms with van der Waals surface area (Å²) in [7, 11) is 0. The quantitative estimate of drug-likeness (QED) is 0.611. The van der Waals surface area contributed by atoms with Crippen molar-refractivity contribution in [2.24, 2.45) is 4.99 Å². The van der Waals surface area contributed by atoms with E-state index in [1.165, 1.54) is 6.21 Å². The molecule has 0 aromatic carbocycles. The highest BCUT2D eigenvalue weighted by atomic mass is 35.5. The number of carbonyl (C=O) groups excluding carboxylic acids is 1. The Kier molecular flexibility index (Phi) is 5.07. The van der Waals surface area contributed by atoms with Gasteiger partial charge in [0.2, 0.25) is 10.6 Å². The maximum absolute atomic E-state index is 10.9. The van der Waals surface area contributed by atoms with Crippen LogP contribution in [0.15, 0.2) is 4.99 Å². The van der Waals surface area contributed by atoms with Crippen LogP contribution >= 0.6 is 23.2 Å². The van der Waals surface area contributed by atoms with Gasteiger partial charge in [0.05, 0.1) is 13.0 Å². The van der Waals surface area contributed by atoms with Crippen LogP contribution in [-0.2, 0) is 9.53 Å². The fraction of sp³-hybridized carbons (Fsp3) is 0.375. The van der Waals surface area contributed by atoms with Gasteiger partial charge in [0.15, 0.2) is 0 Å². The van der Waals surface area contributed by atoms with Crippen molar-refractivity contribution in [1.29, 1.82) is 0 Å². The molecule has 1 heterocycles. The molecule has 1 aromatic heterocycles. The normalized spacial score (nSPS) is 10.7. The minimum absolute atomic E-state index is 0.0365. The van der Waals surface area contributed by atoms with Gasteiger partial charge in [0.1, 0.15) is 0 Å². The molecular formula is C8H8Cl2N4O2. The molecule has 0 unspecified atom stereocenters. The van der Waals surface area contributed by atoms with E-state index in [-0.39, 0.29) is 28.9 Å². The third-order valence-electron chi connectivity index (χ3n) is 1.34. The van der Waals surface area contributed by atoms with E-state index >= 15 is 0 Å². The Hall–Kier alpha value is -1.27. The molecule has 0 N–H and O–H groups in total. The van der Waals surface area contributed by atoms with Gasteiger partial charge in [0, 0.05) is 6.21 Å². The first-order valence-electron chi connectivity index (χ1n) is 4.37. The van der Waals surface area contributed by atoms with Crippen LogP contribution in [0.25, 0.3) is 0 Å². The van der Waals surface area contributed by atoms with Crippen LogP contribution in [0.1, 0.15) is 13.3 Å². The molecule has 6 nitrogen and oxygen atoms in total. The van der Waals surface area contributed by atoms with Crippen molar-refractivity contribution < 1.29 is 9.53 Å². The van der Waals surface area contributed by atoms with E-state index in [9.17, 15) is 4.79 Å². The van der Waals surface area contributed by atoms with Crippen LogP contribution in [-0.4, -0.2) is 33.7 Å². The van der Waals surface area contributed by atoms with Gasteiger partial charge in [-0.1, -0.05) is 0 Å². The van der Waals surface area contributed by atoms with Gasteiger partial charge < -0.3 is 4.74 Å². The molecule has 0 saturated carbocycles. The van der Waals surface area contributed by atoms with Crippen LogP contribution in [0, 0.1) is 0 Å². The van der Waals surface area contributed by atoms with Gasteiger partial charge in [-0.15, -0.1) is 0 Å². The predicted octanol–water partition coefficient (Wildman–Crippen LogP) is 1.83. The molecule has 0 aliphatic carbocycles. The molecule has 0 spiro atoms. The highest BCUT2D eigenvalue weighted by Gasteiger charge is 2.01. The van der Waals surface area contributed by atoms with Gasteiger partial charge in [-0.3, -0.25) is 4.79 Å². The van der Waals surface area contributed by atoms with Crippen molar-refractivity contribution in [2.75, 3.05) is 6.61 Å². The van der Waals surface area contributed by atoms with Crippen LogP contribution in [0.5, 0.6) is 0 Å². The van der Waals surface area contributed by atoms with Gasteiger partial charge in [-0.25, -0.2) is 4.99 Å². The number of hydrogen-bond donors (Lipinski definition) is 0. The Labute approximate surface area is 102 Å². The summed E-state index contributed by atoms with van der Waals surface area (Å²) in [6.45, 7) is 2.05. The van der Waals surface area contributed by atoms with Crippen LogP contribution in [0.4, 0.5) is 5.95 Å². The average molecular weight is 263 g/mol. The molecule has 0 aliphatic rings. The number of rotatable bonds is 4. The second-order valence-corrected chi connectivity index (χ2v) is 3.17. The first kappa shape index (κ1) is 12.8. The summed E-state index contributed by atoms with van der Waals surface area (Å²) in [4.78, 5) is 25.7. The molecule has 86 valence electrons. The van der Waals surface area contributed by atoms with Crippen molar-refractivity contribution in [1.82, 2.24) is 15.0 Å². The second kappa shape index (κ2) is 6.34. The summed E-state index contributed by atoms with van der Waals surface area (Å²) < 4.78 is 4.69. The fourth-order valence-corrected chi connectivity index (χ4v) is 1.15. The van der Waals surface area contributed by atoms with E-state index in [1.807, 2.05) is 0 Å². The molecule has 1 rings (SSSR count). The van der Waals surface area contributed by atoms with Crippen LogP contribution < -0.4 is 0 Å². The lowest BCUT2D eigenvalue weighted by molar-refractivity contribution is -0.141. The molecule has 0 aliphatic heterocycles. The Morgan fingerprint density at radius 2 is 2.00 bits per heavy atom. The predicted molar refractivity (Wildman–Crippen MR) is 59.2 cm³/mol. The number of carbonyl (C=O) groups is 1. The highest BCUT2D eigenvalue weighted by molar-refractivity contribution is 6.31. The lowest BCUT2D eigenvalue weighted by Gasteiger charge is -1.96. The zero-order valence-corrected chi connectivity index (χ0v) is 9.86. The van der Waals surface area contributed by atoms with Crippen molar-refractivity contribution in [3.05, 3.63) is 10.6 Å². The summed E-state index contributed by atoms with van der Waals surface area (Å²) in [6.07, 6.45) is 1.36. The highest BCUT2D eigenvalue weighted by Crippen LogP contribution is 2.11. The third kappa shape index (κ3) is 4.50. The lowest BCUT2D eigenvalue weighted by Crippen LogP contribution is -2.03. The monoisotopic (exact) mass is 262 g/mol. The number of nitrogens with zero attached hydrogens (tertiary/aromatic N) is 4. The standard InChI is InChI=1S/C8H8Cl2N4O2/c1-2-16-5(15)3-4-11-8-13-6(9)12-7(10)14-8/h4H,2-3H2,1H3. The van der Waals surface area contributed by atoms with E-state index in [0.29, 0.717) is 6.61 Å². The van der Waals surface area contributed by atoms with Gasteiger partial charge in [0.25, 0.3) is 5.95 Å². The average Bonchev–Trinajstić information content (AvgIpc) is 2.16. The molecule has 8 heteroatoms. The van der Waals surface area contributed by atoms with E-state index in [4.69, 9.17) is 27.9 Å². The smallest absolute Gasteiger partial charge is 0.311 e. The molecule has 1 aromatic rings. The molecule has 16 heavy (non-hydrogen) atoms. The van der Waals surface area contributed by atoms with Gasteiger partial charge >= 0.3 is 5.97 Å². The number of aliphatic imine (C=N–C) groups is 1. The number of aromatic nitrogens is 3. The van der Waals surface area contributed by atoms with E-state index in [2.05, 4.69) is 19.9 Å². The van der Waals surface area contributed by atoms with Crippen molar-refractivity contribution in [3.8, 4) is 0 Å². The molecule has 0 amide bonds. The second-order valence-electron chi connectivity index (χ2n) is 2.49. The topological polar surface area (TPSA) is 77.3 Å². The number of hydrogen-bond acceptors (Lipinski definition) is 6. The molecule has 0 bridgehead atoms. The van der Waals surface area contributed by atoms with Gasteiger partial charge in [-0.2, -0.15) is 15.0 Å². The van der Waals surface area contributed by atoms with Crippen molar-refractivity contribution in [3.63, 3.8) is 0 Å². The Balaban J connectivity index is 2.59. The van der Waals surface area contributed by atoms with Crippen LogP contribution in [0.2, 0.25) is 10.6 Å². The van der Waals surface area contributed by atoms with E-state index < -0.39 is 0 Å². The Morgan fingerprint density at radius 1 is 1.38 bits per heavy atom. The number of ether oxygens (including phenoxy) is 1. The first-order valence-corrected chi connectivity index (χ1v) is 5.12. The molecule has 0 fully saturated rings. The maximum Gasteiger partial charge on any atom is 0.311 e. The number of halogens is 2. The lowest BCUT2D eigenvalue weighted by atomic mass is 10.5. The largest absolute Gasteiger partial charge is 0.466 e. The third-order valence-corrected chi connectivity index (χ3v) is 1.68. The SMILES string of the molecule is CCOC(=O)CC=Nc1nc(Cl)nc(Cl)n1. The molecule has 0 atom stereocenters. The molecular weight excluding hydrogens is 255 g/mol. The van der Waals surface area contributed by atoms with Crippen LogP contribution in [0.3, 0.4) is 0 Å². The maximum atomic E-state index is 10.9. The number of esters is 1. The zero-order valence-electron chi connectivity index (χ0n) is 8.35.